The number of halogens is 1. The maximum atomic E-state index is 13.2. The Morgan fingerprint density at radius 1 is 0.967 bits per heavy atom. The second kappa shape index (κ2) is 7.47. The van der Waals surface area contributed by atoms with Crippen molar-refractivity contribution in [1.29, 1.82) is 0 Å². The Balaban J connectivity index is 1.63. The summed E-state index contributed by atoms with van der Waals surface area (Å²) in [7, 11) is 0. The molecular formula is C22H19FN4O3. The zero-order valence-electron chi connectivity index (χ0n) is 16.4. The number of imide groups is 1. The molecule has 7 nitrogen and oxygen atoms in total. The number of aryl methyl sites for hydroxylation is 2. The Kier molecular flexibility index (Phi) is 4.83. The fourth-order valence-corrected chi connectivity index (χ4v) is 3.24. The molecule has 1 aromatic heterocycles. The van der Waals surface area contributed by atoms with Gasteiger partial charge in [-0.2, -0.15) is 0 Å². The summed E-state index contributed by atoms with van der Waals surface area (Å²) in [5.74, 6) is -0.917. The molecule has 2 aromatic carbocycles. The molecule has 3 amide bonds. The third-order valence-electron chi connectivity index (χ3n) is 4.91. The van der Waals surface area contributed by atoms with Crippen molar-refractivity contribution in [3.05, 3.63) is 92.8 Å². The van der Waals surface area contributed by atoms with Crippen LogP contribution in [0.3, 0.4) is 0 Å². The molecule has 0 saturated carbocycles. The van der Waals surface area contributed by atoms with Crippen LogP contribution in [0.2, 0.25) is 0 Å². The number of aromatic nitrogens is 2. The van der Waals surface area contributed by atoms with Crippen LogP contribution < -0.4 is 10.9 Å². The van der Waals surface area contributed by atoms with Crippen LogP contribution in [0.1, 0.15) is 22.4 Å². The molecule has 1 saturated heterocycles. The van der Waals surface area contributed by atoms with Crippen molar-refractivity contribution >= 4 is 18.0 Å². The summed E-state index contributed by atoms with van der Waals surface area (Å²) >= 11 is 0. The summed E-state index contributed by atoms with van der Waals surface area (Å²) in [5, 5.41) is 5.44. The van der Waals surface area contributed by atoms with Gasteiger partial charge in [-0.3, -0.25) is 19.6 Å². The third-order valence-corrected chi connectivity index (χ3v) is 4.91. The van der Waals surface area contributed by atoms with E-state index in [2.05, 4.69) is 10.4 Å². The van der Waals surface area contributed by atoms with Gasteiger partial charge in [0.2, 0.25) is 0 Å². The molecule has 1 fully saturated rings. The van der Waals surface area contributed by atoms with Crippen LogP contribution in [0.5, 0.6) is 0 Å². The number of benzene rings is 2. The van der Waals surface area contributed by atoms with E-state index in [1.54, 1.807) is 6.92 Å². The van der Waals surface area contributed by atoms with Crippen molar-refractivity contribution in [3.63, 3.8) is 0 Å². The van der Waals surface area contributed by atoms with E-state index >= 15 is 0 Å². The highest BCUT2D eigenvalue weighted by Crippen LogP contribution is 2.18. The molecule has 152 valence electrons. The van der Waals surface area contributed by atoms with Gasteiger partial charge in [0.1, 0.15) is 11.5 Å². The maximum absolute atomic E-state index is 13.2. The lowest BCUT2D eigenvalue weighted by Gasteiger charge is -2.11. The van der Waals surface area contributed by atoms with E-state index in [9.17, 15) is 18.8 Å². The normalized spacial score (nSPS) is 15.2. The highest BCUT2D eigenvalue weighted by Gasteiger charge is 2.34. The van der Waals surface area contributed by atoms with Gasteiger partial charge >= 0.3 is 6.03 Å². The van der Waals surface area contributed by atoms with Crippen LogP contribution in [0.15, 0.2) is 59.0 Å². The Morgan fingerprint density at radius 3 is 2.30 bits per heavy atom. The van der Waals surface area contributed by atoms with Crippen LogP contribution in [-0.2, 0) is 11.3 Å². The van der Waals surface area contributed by atoms with Gasteiger partial charge < -0.3 is 5.32 Å². The molecule has 2 N–H and O–H groups in total. The van der Waals surface area contributed by atoms with Crippen molar-refractivity contribution in [3.8, 4) is 5.69 Å². The predicted molar refractivity (Wildman–Crippen MR) is 109 cm³/mol. The number of hydrogen-bond acceptors (Lipinski definition) is 3. The number of amides is 3. The summed E-state index contributed by atoms with van der Waals surface area (Å²) < 4.78 is 14.4. The molecule has 8 heteroatoms. The lowest BCUT2D eigenvalue weighted by atomic mass is 10.1. The van der Waals surface area contributed by atoms with Crippen molar-refractivity contribution in [2.24, 2.45) is 0 Å². The minimum atomic E-state index is -0.543. The summed E-state index contributed by atoms with van der Waals surface area (Å²) in [6.45, 7) is 3.77. The van der Waals surface area contributed by atoms with E-state index in [-0.39, 0.29) is 17.8 Å². The number of rotatable bonds is 4. The van der Waals surface area contributed by atoms with E-state index in [4.69, 9.17) is 0 Å². The second-order valence-electron chi connectivity index (χ2n) is 7.13. The number of nitrogens with zero attached hydrogens (tertiary/aromatic N) is 2. The standard InChI is InChI=1S/C22H19FN4O3/c1-13-3-5-15(6-4-13)12-26-21(29)19(24-22(26)30)11-18-14(2)25-27(20(18)28)17-9-7-16(23)8-10-17/h3-11,25H,12H2,1-2H3,(H,24,30). The molecular weight excluding hydrogens is 387 g/mol. The van der Waals surface area contributed by atoms with Crippen molar-refractivity contribution in [2.75, 3.05) is 0 Å². The summed E-state index contributed by atoms with van der Waals surface area (Å²) in [5.41, 5.74) is 2.72. The largest absolute Gasteiger partial charge is 0.329 e. The predicted octanol–water partition coefficient (Wildman–Crippen LogP) is 3.01. The number of carbonyl (C=O) groups is 2. The number of hydrogen-bond donors (Lipinski definition) is 2. The Bertz CT molecular complexity index is 1220. The summed E-state index contributed by atoms with van der Waals surface area (Å²) in [6.07, 6.45) is 1.36. The number of H-pyrrole nitrogens is 1. The molecule has 1 aliphatic heterocycles. The van der Waals surface area contributed by atoms with Crippen LogP contribution in [0.25, 0.3) is 11.8 Å². The molecule has 0 bridgehead atoms. The average molecular weight is 406 g/mol. The molecule has 0 spiro atoms. The molecule has 3 aromatic rings. The Morgan fingerprint density at radius 2 is 1.63 bits per heavy atom. The smallest absolute Gasteiger partial charge is 0.303 e. The fraction of sp³-hybridized carbons (Fsp3) is 0.136. The average Bonchev–Trinajstić information content (AvgIpc) is 3.15. The zero-order valence-corrected chi connectivity index (χ0v) is 16.4. The van der Waals surface area contributed by atoms with Gasteiger partial charge in [0.05, 0.1) is 17.8 Å². The van der Waals surface area contributed by atoms with Gasteiger partial charge in [-0.05, 0) is 49.8 Å². The monoisotopic (exact) mass is 406 g/mol. The second-order valence-corrected chi connectivity index (χ2v) is 7.13. The van der Waals surface area contributed by atoms with E-state index in [0.717, 1.165) is 16.0 Å². The van der Waals surface area contributed by atoms with Gasteiger partial charge in [0, 0.05) is 5.69 Å². The van der Waals surface area contributed by atoms with Gasteiger partial charge in [-0.1, -0.05) is 29.8 Å². The molecule has 0 radical (unpaired) electrons. The molecule has 4 rings (SSSR count). The first kappa shape index (κ1) is 19.4. The Hall–Kier alpha value is -3.94. The molecule has 0 unspecified atom stereocenters. The highest BCUT2D eigenvalue weighted by molar-refractivity contribution is 6.13. The van der Waals surface area contributed by atoms with Crippen LogP contribution in [-0.4, -0.2) is 26.6 Å². The lowest BCUT2D eigenvalue weighted by Crippen LogP contribution is -2.30. The number of nitrogens with one attached hydrogen (secondary N) is 2. The van der Waals surface area contributed by atoms with Crippen LogP contribution in [0, 0.1) is 19.7 Å². The third kappa shape index (κ3) is 3.55. The maximum Gasteiger partial charge on any atom is 0.329 e. The first-order chi connectivity index (χ1) is 14.3. The lowest BCUT2D eigenvalue weighted by molar-refractivity contribution is -0.123. The number of carbonyl (C=O) groups excluding carboxylic acids is 2. The van der Waals surface area contributed by atoms with Gasteiger partial charge in [-0.25, -0.2) is 13.9 Å². The minimum Gasteiger partial charge on any atom is -0.303 e. The van der Waals surface area contributed by atoms with Crippen LogP contribution in [0.4, 0.5) is 9.18 Å². The number of urea groups is 1. The first-order valence-electron chi connectivity index (χ1n) is 9.31. The van der Waals surface area contributed by atoms with E-state index in [1.807, 2.05) is 31.2 Å². The first-order valence-corrected chi connectivity index (χ1v) is 9.31. The van der Waals surface area contributed by atoms with Gasteiger partial charge in [-0.15, -0.1) is 0 Å². The van der Waals surface area contributed by atoms with E-state index < -0.39 is 23.3 Å². The van der Waals surface area contributed by atoms with Crippen LogP contribution >= 0.6 is 0 Å². The molecule has 30 heavy (non-hydrogen) atoms. The Labute approximate surface area is 171 Å². The molecule has 0 aliphatic carbocycles. The van der Waals surface area contributed by atoms with Crippen molar-refractivity contribution in [1.82, 2.24) is 20.0 Å². The zero-order chi connectivity index (χ0) is 21.4. The van der Waals surface area contributed by atoms with Crippen molar-refractivity contribution < 1.29 is 14.0 Å². The number of aromatic amines is 1. The van der Waals surface area contributed by atoms with Gasteiger partial charge in [0.25, 0.3) is 11.5 Å². The molecule has 2 heterocycles. The summed E-state index contributed by atoms with van der Waals surface area (Å²) in [4.78, 5) is 39.0. The topological polar surface area (TPSA) is 87.2 Å². The fourth-order valence-electron chi connectivity index (χ4n) is 3.24. The van der Waals surface area contributed by atoms with E-state index in [1.165, 1.54) is 35.0 Å². The van der Waals surface area contributed by atoms with Crippen molar-refractivity contribution in [2.45, 2.75) is 20.4 Å². The van der Waals surface area contributed by atoms with Gasteiger partial charge in [0.15, 0.2) is 0 Å². The molecule has 0 atom stereocenters. The summed E-state index contributed by atoms with van der Waals surface area (Å²) in [6, 6.07) is 12.4. The molecule has 1 aliphatic rings. The SMILES string of the molecule is Cc1ccc(CN2C(=O)NC(=Cc3c(C)[nH]n(-c4ccc(F)cc4)c3=O)C2=O)cc1. The highest BCUT2D eigenvalue weighted by atomic mass is 19.1. The van der Waals surface area contributed by atoms with E-state index in [0.29, 0.717) is 11.4 Å². The quantitative estimate of drug-likeness (QED) is 0.516. The minimum absolute atomic E-state index is 0.0255.